The molecule has 0 spiro atoms. The van der Waals surface area contributed by atoms with Gasteiger partial charge in [0.25, 0.3) is 5.91 Å². The van der Waals surface area contributed by atoms with Gasteiger partial charge < -0.3 is 14.9 Å². The fourth-order valence-electron chi connectivity index (χ4n) is 3.16. The van der Waals surface area contributed by atoms with Crippen LogP contribution in [0.25, 0.3) is 0 Å². The van der Waals surface area contributed by atoms with Crippen molar-refractivity contribution in [1.29, 1.82) is 0 Å². The van der Waals surface area contributed by atoms with Crippen molar-refractivity contribution >= 4 is 5.91 Å². The summed E-state index contributed by atoms with van der Waals surface area (Å²) < 4.78 is 5.84. The number of hydrogen-bond donors (Lipinski definition) is 2. The molecule has 6 heteroatoms. The molecule has 2 aliphatic rings. The lowest BCUT2D eigenvalue weighted by Crippen LogP contribution is -2.55. The molecule has 0 saturated carbocycles. The first-order valence-electron chi connectivity index (χ1n) is 8.25. The van der Waals surface area contributed by atoms with Gasteiger partial charge in [-0.2, -0.15) is 5.06 Å². The molecule has 3 atom stereocenters. The van der Waals surface area contributed by atoms with Crippen LogP contribution in [-0.4, -0.2) is 46.1 Å². The second kappa shape index (κ2) is 7.03. The van der Waals surface area contributed by atoms with E-state index in [-0.39, 0.29) is 17.0 Å². The molecule has 0 unspecified atom stereocenters. The standard InChI is InChI=1S/C17H27NO5/c1-5-6-7-8-9-10-12-17(3,21)15(19)13-14(23-12)11(2)18(22-4)16(13)20/h12,15,19,21H,2,5-10H2,1,3-4H3/t12-,15-,17-/m0/s1. The number of unbranched alkanes of at least 4 members (excludes halogenated alkanes) is 4. The number of hydroxylamine groups is 2. The Balaban J connectivity index is 2.12. The van der Waals surface area contributed by atoms with Crippen molar-refractivity contribution in [2.24, 2.45) is 0 Å². The Morgan fingerprint density at radius 3 is 2.61 bits per heavy atom. The number of aliphatic hydroxyl groups is 2. The van der Waals surface area contributed by atoms with Crippen molar-refractivity contribution < 1.29 is 24.6 Å². The van der Waals surface area contributed by atoms with E-state index in [0.717, 1.165) is 24.3 Å². The third-order valence-electron chi connectivity index (χ3n) is 4.66. The lowest BCUT2D eigenvalue weighted by molar-refractivity contribution is -0.162. The summed E-state index contributed by atoms with van der Waals surface area (Å²) in [6.07, 6.45) is 4.15. The van der Waals surface area contributed by atoms with Crippen LogP contribution in [0, 0.1) is 0 Å². The van der Waals surface area contributed by atoms with Gasteiger partial charge in [-0.3, -0.25) is 9.63 Å². The number of ether oxygens (including phenoxy) is 1. The summed E-state index contributed by atoms with van der Waals surface area (Å²) in [7, 11) is 1.34. The van der Waals surface area contributed by atoms with Crippen LogP contribution in [0.2, 0.25) is 0 Å². The van der Waals surface area contributed by atoms with Crippen LogP contribution in [0.1, 0.15) is 52.4 Å². The SMILES string of the molecule is C=C1C2=C(C(=O)N1OC)[C@H](O)[C@@](C)(O)[C@H](CCCCCCC)O2. The predicted molar refractivity (Wildman–Crippen MR) is 84.9 cm³/mol. The predicted octanol–water partition coefficient (Wildman–Crippen LogP) is 2.03. The molecule has 2 heterocycles. The summed E-state index contributed by atoms with van der Waals surface area (Å²) in [5, 5.41) is 22.1. The van der Waals surface area contributed by atoms with E-state index in [4.69, 9.17) is 9.57 Å². The van der Waals surface area contributed by atoms with Crippen molar-refractivity contribution in [1.82, 2.24) is 5.06 Å². The summed E-state index contributed by atoms with van der Waals surface area (Å²) in [5.41, 5.74) is -1.24. The number of nitrogens with zero attached hydrogens (tertiary/aromatic N) is 1. The van der Waals surface area contributed by atoms with Crippen molar-refractivity contribution in [3.8, 4) is 0 Å². The second-order valence-corrected chi connectivity index (χ2v) is 6.41. The molecule has 0 radical (unpaired) electrons. The summed E-state index contributed by atoms with van der Waals surface area (Å²) in [5.74, 6) is -0.309. The number of carbonyl (C=O) groups is 1. The normalized spacial score (nSPS) is 30.7. The molecule has 0 aromatic carbocycles. The molecule has 0 aromatic rings. The summed E-state index contributed by atoms with van der Waals surface area (Å²) in [4.78, 5) is 17.2. The van der Waals surface area contributed by atoms with Gasteiger partial charge in [-0.15, -0.1) is 0 Å². The Labute approximate surface area is 137 Å². The molecule has 2 N–H and O–H groups in total. The molecule has 2 aliphatic heterocycles. The highest BCUT2D eigenvalue weighted by Gasteiger charge is 2.54. The summed E-state index contributed by atoms with van der Waals surface area (Å²) >= 11 is 0. The van der Waals surface area contributed by atoms with Gasteiger partial charge in [0.1, 0.15) is 23.5 Å². The van der Waals surface area contributed by atoms with Crippen LogP contribution in [0.4, 0.5) is 0 Å². The smallest absolute Gasteiger partial charge is 0.284 e. The van der Waals surface area contributed by atoms with Crippen LogP contribution in [-0.2, 0) is 14.4 Å². The van der Waals surface area contributed by atoms with Crippen LogP contribution in [0.3, 0.4) is 0 Å². The van der Waals surface area contributed by atoms with E-state index in [1.54, 1.807) is 0 Å². The van der Waals surface area contributed by atoms with Gasteiger partial charge in [-0.05, 0) is 19.8 Å². The maximum absolute atomic E-state index is 12.2. The Hall–Kier alpha value is -1.37. The zero-order chi connectivity index (χ0) is 17.2. The lowest BCUT2D eigenvalue weighted by atomic mass is 9.82. The van der Waals surface area contributed by atoms with Crippen molar-refractivity contribution in [2.75, 3.05) is 7.11 Å². The van der Waals surface area contributed by atoms with Gasteiger partial charge >= 0.3 is 0 Å². The maximum atomic E-state index is 12.2. The van der Waals surface area contributed by atoms with E-state index in [1.807, 2.05) is 0 Å². The van der Waals surface area contributed by atoms with Crippen LogP contribution in [0.15, 0.2) is 23.6 Å². The average Bonchev–Trinajstić information content (AvgIpc) is 2.74. The molecule has 0 fully saturated rings. The molecule has 0 aromatic heterocycles. The molecule has 1 amide bonds. The van der Waals surface area contributed by atoms with Crippen LogP contribution in [0.5, 0.6) is 0 Å². The first-order chi connectivity index (χ1) is 10.9. The lowest BCUT2D eigenvalue weighted by Gasteiger charge is -2.40. The first kappa shape index (κ1) is 18.0. The molecule has 130 valence electrons. The number of amides is 1. The molecular weight excluding hydrogens is 298 g/mol. The molecule has 0 saturated heterocycles. The van der Waals surface area contributed by atoms with Gasteiger partial charge in [-0.25, -0.2) is 0 Å². The highest BCUT2D eigenvalue weighted by molar-refractivity contribution is 6.00. The van der Waals surface area contributed by atoms with E-state index < -0.39 is 23.7 Å². The molecule has 23 heavy (non-hydrogen) atoms. The van der Waals surface area contributed by atoms with Gasteiger partial charge in [0.15, 0.2) is 5.76 Å². The topological polar surface area (TPSA) is 79.2 Å². The monoisotopic (exact) mass is 325 g/mol. The molecule has 6 nitrogen and oxygen atoms in total. The molecule has 0 aliphatic carbocycles. The van der Waals surface area contributed by atoms with Crippen LogP contribution >= 0.6 is 0 Å². The Morgan fingerprint density at radius 1 is 1.35 bits per heavy atom. The fraction of sp³-hybridized carbons (Fsp3) is 0.706. The first-order valence-corrected chi connectivity index (χ1v) is 8.25. The van der Waals surface area contributed by atoms with E-state index in [9.17, 15) is 15.0 Å². The minimum absolute atomic E-state index is 0.0177. The Bertz CT molecular complexity index is 511. The zero-order valence-electron chi connectivity index (χ0n) is 14.2. The van der Waals surface area contributed by atoms with Gasteiger partial charge in [0.2, 0.25) is 0 Å². The minimum Gasteiger partial charge on any atom is -0.484 e. The average molecular weight is 325 g/mol. The van der Waals surface area contributed by atoms with E-state index in [2.05, 4.69) is 13.5 Å². The number of carbonyl (C=O) groups excluding carboxylic acids is 1. The Morgan fingerprint density at radius 2 is 2.00 bits per heavy atom. The molecule has 2 rings (SSSR count). The summed E-state index contributed by atoms with van der Waals surface area (Å²) in [6, 6.07) is 0. The number of hydrogen-bond acceptors (Lipinski definition) is 5. The minimum atomic E-state index is -1.52. The highest BCUT2D eigenvalue weighted by atomic mass is 16.7. The fourth-order valence-corrected chi connectivity index (χ4v) is 3.16. The van der Waals surface area contributed by atoms with E-state index >= 15 is 0 Å². The molecular formula is C17H27NO5. The third kappa shape index (κ3) is 3.16. The van der Waals surface area contributed by atoms with Crippen LogP contribution < -0.4 is 0 Å². The third-order valence-corrected chi connectivity index (χ3v) is 4.66. The molecule has 0 bridgehead atoms. The quantitative estimate of drug-likeness (QED) is 0.700. The largest absolute Gasteiger partial charge is 0.484 e. The Kier molecular flexibility index (Phi) is 5.49. The van der Waals surface area contributed by atoms with Gasteiger partial charge in [0.05, 0.1) is 12.7 Å². The van der Waals surface area contributed by atoms with E-state index in [1.165, 1.54) is 26.9 Å². The van der Waals surface area contributed by atoms with Gasteiger partial charge in [-0.1, -0.05) is 39.2 Å². The van der Waals surface area contributed by atoms with Crippen molar-refractivity contribution in [3.63, 3.8) is 0 Å². The van der Waals surface area contributed by atoms with Crippen molar-refractivity contribution in [2.45, 2.75) is 70.2 Å². The highest BCUT2D eigenvalue weighted by Crippen LogP contribution is 2.42. The van der Waals surface area contributed by atoms with Gasteiger partial charge in [0, 0.05) is 0 Å². The zero-order valence-corrected chi connectivity index (χ0v) is 14.2. The van der Waals surface area contributed by atoms with E-state index in [0.29, 0.717) is 6.42 Å². The second-order valence-electron chi connectivity index (χ2n) is 6.41. The number of rotatable bonds is 7. The van der Waals surface area contributed by atoms with Crippen molar-refractivity contribution in [3.05, 3.63) is 23.6 Å². The maximum Gasteiger partial charge on any atom is 0.284 e. The number of aliphatic hydroxyl groups excluding tert-OH is 1. The summed E-state index contributed by atoms with van der Waals surface area (Å²) in [6.45, 7) is 7.44.